The molecule has 2 N–H and O–H groups in total. The van der Waals surface area contributed by atoms with E-state index in [-0.39, 0.29) is 11.9 Å². The van der Waals surface area contributed by atoms with E-state index >= 15 is 0 Å². The predicted octanol–water partition coefficient (Wildman–Crippen LogP) is 3.53. The number of halogens is 1. The van der Waals surface area contributed by atoms with Crippen LogP contribution in [0.15, 0.2) is 22.9 Å². The van der Waals surface area contributed by atoms with Crippen molar-refractivity contribution >= 4 is 39.0 Å². The van der Waals surface area contributed by atoms with Gasteiger partial charge < -0.3 is 10.6 Å². The van der Waals surface area contributed by atoms with Crippen molar-refractivity contribution in [3.63, 3.8) is 0 Å². The maximum Gasteiger partial charge on any atom is 0.255 e. The number of hydrogen-bond donors (Lipinski definition) is 2. The predicted molar refractivity (Wildman–Crippen MR) is 88.8 cm³/mol. The number of hydrogen-bond acceptors (Lipinski definition) is 5. The number of carbonyl (C=O) groups is 1. The highest BCUT2D eigenvalue weighted by Crippen LogP contribution is 2.22. The maximum absolute atomic E-state index is 12.4. The van der Waals surface area contributed by atoms with Crippen LogP contribution in [0, 0.1) is 6.92 Å². The molecule has 0 aromatic carbocycles. The summed E-state index contributed by atoms with van der Waals surface area (Å²) in [4.78, 5) is 22.1. The zero-order valence-corrected chi connectivity index (χ0v) is 14.5. The Bertz CT molecular complexity index is 644. The van der Waals surface area contributed by atoms with Crippen LogP contribution in [0.25, 0.3) is 0 Å². The van der Waals surface area contributed by atoms with Crippen LogP contribution in [0.3, 0.4) is 0 Å². The average molecular weight is 369 g/mol. The summed E-state index contributed by atoms with van der Waals surface area (Å²) in [6, 6.07) is 1.63. The van der Waals surface area contributed by atoms with Crippen molar-refractivity contribution < 1.29 is 4.79 Å². The summed E-state index contributed by atoms with van der Waals surface area (Å²) in [5, 5.41) is 6.95. The number of pyridine rings is 1. The molecule has 2 aromatic heterocycles. The second-order valence-corrected chi connectivity index (χ2v) is 6.77. The van der Waals surface area contributed by atoms with Gasteiger partial charge >= 0.3 is 0 Å². The second kappa shape index (κ2) is 7.00. The molecule has 0 fully saturated rings. The first-order valence-corrected chi connectivity index (χ1v) is 8.24. The second-order valence-electron chi connectivity index (χ2n) is 4.58. The lowest BCUT2D eigenvalue weighted by Gasteiger charge is -2.14. The number of aryl methyl sites for hydroxylation is 1. The third kappa shape index (κ3) is 4.01. The first-order chi connectivity index (χ1) is 10.0. The Morgan fingerprint density at radius 1 is 1.43 bits per heavy atom. The number of nitrogens with one attached hydrogen (secondary N) is 2. The highest BCUT2D eigenvalue weighted by Gasteiger charge is 2.17. The fourth-order valence-corrected chi connectivity index (χ4v) is 2.94. The highest BCUT2D eigenvalue weighted by molar-refractivity contribution is 9.10. The molecule has 2 heterocycles. The Morgan fingerprint density at radius 3 is 2.81 bits per heavy atom. The molecule has 0 spiro atoms. The molecule has 0 saturated heterocycles. The van der Waals surface area contributed by atoms with Crippen LogP contribution < -0.4 is 10.6 Å². The molecule has 1 amide bonds. The summed E-state index contributed by atoms with van der Waals surface area (Å²) in [6.45, 7) is 6.59. The average Bonchev–Trinajstić information content (AvgIpc) is 2.87. The first kappa shape index (κ1) is 15.9. The van der Waals surface area contributed by atoms with Gasteiger partial charge in [-0.25, -0.2) is 9.97 Å². The largest absolute Gasteiger partial charge is 0.370 e. The van der Waals surface area contributed by atoms with E-state index in [4.69, 9.17) is 0 Å². The van der Waals surface area contributed by atoms with Gasteiger partial charge in [-0.1, -0.05) is 0 Å². The molecule has 0 aliphatic heterocycles. The van der Waals surface area contributed by atoms with Gasteiger partial charge in [0.15, 0.2) is 0 Å². The normalized spacial score (nSPS) is 12.0. The Morgan fingerprint density at radius 2 is 2.19 bits per heavy atom. The van der Waals surface area contributed by atoms with E-state index in [1.807, 2.05) is 27.0 Å². The minimum absolute atomic E-state index is 0.135. The van der Waals surface area contributed by atoms with Gasteiger partial charge in [0.05, 0.1) is 11.6 Å². The molecular weight excluding hydrogens is 352 g/mol. The van der Waals surface area contributed by atoms with Crippen molar-refractivity contribution in [2.24, 2.45) is 0 Å². The molecule has 5 nitrogen and oxygen atoms in total. The molecule has 0 aliphatic rings. The lowest BCUT2D eigenvalue weighted by molar-refractivity contribution is 0.0940. The lowest BCUT2D eigenvalue weighted by atomic mass is 10.2. The van der Waals surface area contributed by atoms with Crippen LogP contribution in [-0.2, 0) is 0 Å². The molecule has 0 bridgehead atoms. The number of carbonyl (C=O) groups excluding carboxylic acids is 1. The monoisotopic (exact) mass is 368 g/mol. The first-order valence-electron chi connectivity index (χ1n) is 6.64. The van der Waals surface area contributed by atoms with Gasteiger partial charge in [-0.3, -0.25) is 4.79 Å². The molecule has 21 heavy (non-hydrogen) atoms. The van der Waals surface area contributed by atoms with Crippen LogP contribution in [-0.4, -0.2) is 22.4 Å². The topological polar surface area (TPSA) is 66.9 Å². The molecule has 2 rings (SSSR count). The summed E-state index contributed by atoms with van der Waals surface area (Å²) >= 11 is 4.93. The fourth-order valence-electron chi connectivity index (χ4n) is 1.83. The van der Waals surface area contributed by atoms with E-state index in [9.17, 15) is 4.79 Å². The molecule has 0 radical (unpaired) electrons. The van der Waals surface area contributed by atoms with Gasteiger partial charge in [-0.05, 0) is 42.8 Å². The van der Waals surface area contributed by atoms with E-state index in [1.54, 1.807) is 23.6 Å². The number of amides is 1. The van der Waals surface area contributed by atoms with Crippen LogP contribution in [0.4, 0.5) is 5.82 Å². The molecule has 7 heteroatoms. The number of anilines is 1. The third-order valence-electron chi connectivity index (χ3n) is 2.80. The summed E-state index contributed by atoms with van der Waals surface area (Å²) in [5.74, 6) is 0.417. The molecule has 0 aliphatic carbocycles. The Hall–Kier alpha value is -1.47. The summed E-state index contributed by atoms with van der Waals surface area (Å²) in [5.41, 5.74) is 0.520. The van der Waals surface area contributed by atoms with Crippen LogP contribution in [0.2, 0.25) is 0 Å². The Labute approximate surface area is 136 Å². The Kier molecular flexibility index (Phi) is 5.30. The van der Waals surface area contributed by atoms with Crippen molar-refractivity contribution in [3.05, 3.63) is 38.4 Å². The van der Waals surface area contributed by atoms with Gasteiger partial charge in [-0.2, -0.15) is 0 Å². The zero-order valence-electron chi connectivity index (χ0n) is 12.1. The summed E-state index contributed by atoms with van der Waals surface area (Å²) in [7, 11) is 0. The molecule has 2 aromatic rings. The number of rotatable bonds is 5. The van der Waals surface area contributed by atoms with Gasteiger partial charge in [0, 0.05) is 28.3 Å². The standard InChI is InChI=1S/C14H17BrN4OS/c1-4-16-12-11(5-10(15)7-17-12)13(20)19-9(3)14-18-6-8(2)21-14/h5-7,9H,4H2,1-3H3,(H,16,17)(H,19,20). The van der Waals surface area contributed by atoms with Crippen molar-refractivity contribution in [1.29, 1.82) is 0 Å². The smallest absolute Gasteiger partial charge is 0.255 e. The number of aromatic nitrogens is 2. The van der Waals surface area contributed by atoms with Crippen LogP contribution in [0.5, 0.6) is 0 Å². The minimum atomic E-state index is -0.167. The van der Waals surface area contributed by atoms with Gasteiger partial charge in [0.1, 0.15) is 10.8 Å². The Balaban J connectivity index is 2.18. The zero-order chi connectivity index (χ0) is 15.4. The maximum atomic E-state index is 12.4. The van der Waals surface area contributed by atoms with E-state index in [2.05, 4.69) is 36.5 Å². The van der Waals surface area contributed by atoms with Crippen LogP contribution in [0.1, 0.15) is 40.1 Å². The highest BCUT2D eigenvalue weighted by atomic mass is 79.9. The molecule has 1 atom stereocenters. The SMILES string of the molecule is CCNc1ncc(Br)cc1C(=O)NC(C)c1ncc(C)s1. The minimum Gasteiger partial charge on any atom is -0.370 e. The van der Waals surface area contributed by atoms with E-state index in [1.165, 1.54) is 0 Å². The lowest BCUT2D eigenvalue weighted by Crippen LogP contribution is -2.27. The molecular formula is C14H17BrN4OS. The van der Waals surface area contributed by atoms with E-state index in [0.717, 1.165) is 14.4 Å². The number of nitrogens with zero attached hydrogens (tertiary/aromatic N) is 2. The van der Waals surface area contributed by atoms with Crippen molar-refractivity contribution in [3.8, 4) is 0 Å². The quantitative estimate of drug-likeness (QED) is 0.846. The molecule has 1 unspecified atom stereocenters. The van der Waals surface area contributed by atoms with Crippen molar-refractivity contribution in [2.45, 2.75) is 26.8 Å². The fraction of sp³-hybridized carbons (Fsp3) is 0.357. The van der Waals surface area contributed by atoms with E-state index < -0.39 is 0 Å². The van der Waals surface area contributed by atoms with Gasteiger partial charge in [0.25, 0.3) is 5.91 Å². The number of thiazole rings is 1. The van der Waals surface area contributed by atoms with Crippen molar-refractivity contribution in [1.82, 2.24) is 15.3 Å². The van der Waals surface area contributed by atoms with Gasteiger partial charge in [0.2, 0.25) is 0 Å². The molecule has 0 saturated carbocycles. The van der Waals surface area contributed by atoms with Gasteiger partial charge in [-0.15, -0.1) is 11.3 Å². The third-order valence-corrected chi connectivity index (χ3v) is 4.33. The van der Waals surface area contributed by atoms with E-state index in [0.29, 0.717) is 17.9 Å². The summed E-state index contributed by atoms with van der Waals surface area (Å²) < 4.78 is 0.770. The summed E-state index contributed by atoms with van der Waals surface area (Å²) in [6.07, 6.45) is 3.48. The van der Waals surface area contributed by atoms with Crippen molar-refractivity contribution in [2.75, 3.05) is 11.9 Å². The van der Waals surface area contributed by atoms with Crippen LogP contribution >= 0.6 is 27.3 Å². The molecule has 112 valence electrons.